The summed E-state index contributed by atoms with van der Waals surface area (Å²) in [4.78, 5) is 13.1. The monoisotopic (exact) mass is 423 g/mol. The van der Waals surface area contributed by atoms with Crippen LogP contribution >= 0.6 is 12.2 Å². The van der Waals surface area contributed by atoms with Gasteiger partial charge in [-0.25, -0.2) is 0 Å². The zero-order valence-electron chi connectivity index (χ0n) is 16.1. The van der Waals surface area contributed by atoms with Gasteiger partial charge in [0, 0.05) is 5.69 Å². The van der Waals surface area contributed by atoms with Crippen molar-refractivity contribution >= 4 is 51.2 Å². The van der Waals surface area contributed by atoms with E-state index in [4.69, 9.17) is 30.5 Å². The summed E-state index contributed by atoms with van der Waals surface area (Å²) in [6.07, 6.45) is 4.11. The van der Waals surface area contributed by atoms with Crippen LogP contribution in [-0.2, 0) is 0 Å². The lowest BCUT2D eigenvalue weighted by atomic mass is 10.1. The van der Waals surface area contributed by atoms with Gasteiger partial charge in [-0.2, -0.15) is 5.10 Å². The van der Waals surface area contributed by atoms with Gasteiger partial charge in [-0.1, -0.05) is 18.2 Å². The maximum absolute atomic E-state index is 13.1. The van der Waals surface area contributed by atoms with Crippen LogP contribution in [0.3, 0.4) is 0 Å². The van der Waals surface area contributed by atoms with E-state index < -0.39 is 0 Å². The van der Waals surface area contributed by atoms with Crippen LogP contribution in [0.4, 0.5) is 5.69 Å². The van der Waals surface area contributed by atoms with Crippen LogP contribution in [0.5, 0.6) is 11.5 Å². The standard InChI is InChI=1S/C21H17N3O5S/c1-26-17-14-8-9-28-18(14)20(27-2)19-15(17)16(25)12(11-29-19)10-22-24-21(30)23-13-6-4-3-5-7-13/h3-11H,1-2H3,(H2,23,24,30)/b22-10+. The number of para-hydroxylation sites is 1. The minimum atomic E-state index is -0.331. The third-order valence-corrected chi connectivity index (χ3v) is 4.57. The Morgan fingerprint density at radius 1 is 1.07 bits per heavy atom. The van der Waals surface area contributed by atoms with Gasteiger partial charge in [0.1, 0.15) is 17.4 Å². The maximum Gasteiger partial charge on any atom is 0.206 e. The number of furan rings is 1. The molecule has 0 radical (unpaired) electrons. The first-order valence-corrected chi connectivity index (χ1v) is 9.26. The van der Waals surface area contributed by atoms with E-state index in [9.17, 15) is 4.79 Å². The molecule has 4 aromatic rings. The van der Waals surface area contributed by atoms with E-state index in [0.717, 1.165) is 5.69 Å². The number of hydrazone groups is 1. The molecular weight excluding hydrogens is 406 g/mol. The third kappa shape index (κ3) is 3.46. The number of ether oxygens (including phenoxy) is 2. The third-order valence-electron chi connectivity index (χ3n) is 4.38. The van der Waals surface area contributed by atoms with Gasteiger partial charge >= 0.3 is 0 Å². The van der Waals surface area contributed by atoms with Crippen molar-refractivity contribution in [2.75, 3.05) is 19.5 Å². The Kier molecular flexibility index (Phi) is 5.36. The highest BCUT2D eigenvalue weighted by Gasteiger charge is 2.22. The Morgan fingerprint density at radius 3 is 2.57 bits per heavy atom. The minimum absolute atomic E-state index is 0.209. The molecule has 2 N–H and O–H groups in total. The quantitative estimate of drug-likeness (QED) is 0.284. The predicted molar refractivity (Wildman–Crippen MR) is 119 cm³/mol. The molecule has 0 aliphatic carbocycles. The van der Waals surface area contributed by atoms with Gasteiger partial charge in [-0.3, -0.25) is 10.2 Å². The molecule has 0 bridgehead atoms. The van der Waals surface area contributed by atoms with E-state index in [0.29, 0.717) is 22.5 Å². The molecule has 0 saturated heterocycles. The van der Waals surface area contributed by atoms with Crippen LogP contribution in [0.1, 0.15) is 5.56 Å². The number of nitrogens with one attached hydrogen (secondary N) is 2. The van der Waals surface area contributed by atoms with Crippen LogP contribution in [-0.4, -0.2) is 25.5 Å². The average molecular weight is 423 g/mol. The molecule has 2 aromatic carbocycles. The van der Waals surface area contributed by atoms with Gasteiger partial charge in [0.15, 0.2) is 16.3 Å². The Balaban J connectivity index is 1.68. The maximum atomic E-state index is 13.1. The lowest BCUT2D eigenvalue weighted by molar-refractivity contribution is 0.400. The van der Waals surface area contributed by atoms with E-state index in [1.54, 1.807) is 6.07 Å². The zero-order chi connectivity index (χ0) is 21.1. The summed E-state index contributed by atoms with van der Waals surface area (Å²) < 4.78 is 22.0. The second kappa shape index (κ2) is 8.26. The highest BCUT2D eigenvalue weighted by atomic mass is 32.1. The fourth-order valence-electron chi connectivity index (χ4n) is 3.08. The van der Waals surface area contributed by atoms with Crippen molar-refractivity contribution in [3.63, 3.8) is 0 Å². The van der Waals surface area contributed by atoms with Crippen molar-refractivity contribution in [3.05, 3.63) is 64.7 Å². The van der Waals surface area contributed by atoms with Crippen LogP contribution < -0.4 is 25.6 Å². The van der Waals surface area contributed by atoms with Crippen molar-refractivity contribution in [2.24, 2.45) is 5.10 Å². The molecular formula is C21H17N3O5S. The van der Waals surface area contributed by atoms with E-state index in [1.807, 2.05) is 30.3 Å². The lowest BCUT2D eigenvalue weighted by Gasteiger charge is -2.10. The lowest BCUT2D eigenvalue weighted by Crippen LogP contribution is -2.24. The number of anilines is 1. The van der Waals surface area contributed by atoms with Gasteiger partial charge in [0.25, 0.3) is 0 Å². The average Bonchev–Trinajstić information content (AvgIpc) is 3.24. The highest BCUT2D eigenvalue weighted by molar-refractivity contribution is 7.80. The van der Waals surface area contributed by atoms with Crippen LogP contribution in [0.25, 0.3) is 21.9 Å². The molecule has 9 heteroatoms. The molecule has 2 aromatic heterocycles. The SMILES string of the molecule is COc1c2occc2c(OC)c2c(=O)c(/C=N/NC(=S)Nc3ccccc3)coc12. The van der Waals surface area contributed by atoms with E-state index in [1.165, 1.54) is 33.0 Å². The summed E-state index contributed by atoms with van der Waals surface area (Å²) in [5.41, 5.74) is 4.03. The molecule has 0 saturated carbocycles. The predicted octanol–water partition coefficient (Wildman–Crippen LogP) is 3.88. The topological polar surface area (TPSA) is 98.2 Å². The first-order chi connectivity index (χ1) is 14.6. The van der Waals surface area contributed by atoms with Gasteiger partial charge < -0.3 is 23.6 Å². The Bertz CT molecular complexity index is 1310. The van der Waals surface area contributed by atoms with E-state index in [2.05, 4.69) is 15.8 Å². The Labute approximate surface area is 176 Å². The number of thiocarbonyl (C=S) groups is 1. The summed E-state index contributed by atoms with van der Waals surface area (Å²) in [6, 6.07) is 11.1. The zero-order valence-corrected chi connectivity index (χ0v) is 16.9. The summed E-state index contributed by atoms with van der Waals surface area (Å²) >= 11 is 5.19. The molecule has 4 rings (SSSR count). The smallest absolute Gasteiger partial charge is 0.206 e. The molecule has 0 fully saturated rings. The first kappa shape index (κ1) is 19.5. The van der Waals surface area contributed by atoms with Crippen molar-refractivity contribution in [2.45, 2.75) is 0 Å². The van der Waals surface area contributed by atoms with Gasteiger partial charge in [0.2, 0.25) is 11.2 Å². The van der Waals surface area contributed by atoms with Crippen molar-refractivity contribution < 1.29 is 18.3 Å². The normalized spacial score (nSPS) is 11.1. The number of hydrogen-bond acceptors (Lipinski definition) is 7. The first-order valence-electron chi connectivity index (χ1n) is 8.85. The molecule has 30 heavy (non-hydrogen) atoms. The number of nitrogens with zero attached hydrogens (tertiary/aromatic N) is 1. The fourth-order valence-corrected chi connectivity index (χ4v) is 3.26. The van der Waals surface area contributed by atoms with Gasteiger partial charge in [0.05, 0.1) is 37.6 Å². The number of benzene rings is 2. The summed E-state index contributed by atoms with van der Waals surface area (Å²) in [7, 11) is 2.95. The largest absolute Gasteiger partial charge is 0.495 e. The Hall–Kier alpha value is -3.85. The second-order valence-electron chi connectivity index (χ2n) is 6.14. The molecule has 0 spiro atoms. The Morgan fingerprint density at radius 2 is 1.83 bits per heavy atom. The number of rotatable bonds is 5. The molecule has 8 nitrogen and oxygen atoms in total. The molecule has 2 heterocycles. The summed E-state index contributed by atoms with van der Waals surface area (Å²) in [5, 5.41) is 8.13. The molecule has 0 aliphatic rings. The van der Waals surface area contributed by atoms with Gasteiger partial charge in [-0.05, 0) is 30.4 Å². The molecule has 0 atom stereocenters. The summed E-state index contributed by atoms with van der Waals surface area (Å²) in [5.74, 6) is 0.658. The van der Waals surface area contributed by atoms with Crippen LogP contribution in [0.15, 0.2) is 67.7 Å². The second-order valence-corrected chi connectivity index (χ2v) is 6.55. The number of fused-ring (bicyclic) bond motifs is 2. The van der Waals surface area contributed by atoms with Gasteiger partial charge in [-0.15, -0.1) is 0 Å². The fraction of sp³-hybridized carbons (Fsp3) is 0.0952. The van der Waals surface area contributed by atoms with Crippen molar-refractivity contribution in [1.29, 1.82) is 0 Å². The molecule has 0 amide bonds. The van der Waals surface area contributed by atoms with Crippen LogP contribution in [0.2, 0.25) is 0 Å². The number of hydrogen-bond donors (Lipinski definition) is 2. The van der Waals surface area contributed by atoms with Crippen LogP contribution in [0, 0.1) is 0 Å². The van der Waals surface area contributed by atoms with Crippen molar-refractivity contribution in [3.8, 4) is 11.5 Å². The van der Waals surface area contributed by atoms with E-state index >= 15 is 0 Å². The minimum Gasteiger partial charge on any atom is -0.495 e. The highest BCUT2D eigenvalue weighted by Crippen LogP contribution is 2.41. The van der Waals surface area contributed by atoms with E-state index in [-0.39, 0.29) is 27.1 Å². The summed E-state index contributed by atoms with van der Waals surface area (Å²) in [6.45, 7) is 0. The molecule has 0 unspecified atom stereocenters. The molecule has 0 aliphatic heterocycles. The van der Waals surface area contributed by atoms with Crippen molar-refractivity contribution in [1.82, 2.24) is 5.43 Å². The molecule has 152 valence electrons. The number of methoxy groups -OCH3 is 2.